The third-order valence-electron chi connectivity index (χ3n) is 5.58. The van der Waals surface area contributed by atoms with Crippen molar-refractivity contribution in [1.29, 1.82) is 0 Å². The number of benzene rings is 1. The van der Waals surface area contributed by atoms with Gasteiger partial charge in [0.25, 0.3) is 0 Å². The van der Waals surface area contributed by atoms with Gasteiger partial charge >= 0.3 is 0 Å². The average molecular weight is 316 g/mol. The molecule has 4 nitrogen and oxygen atoms in total. The van der Waals surface area contributed by atoms with Gasteiger partial charge in [-0.25, -0.2) is 0 Å². The number of hydrogen-bond donors (Lipinski definition) is 1. The lowest BCUT2D eigenvalue weighted by Gasteiger charge is -2.48. The zero-order valence-electron chi connectivity index (χ0n) is 14.1. The molecule has 1 saturated heterocycles. The number of para-hydroxylation sites is 1. The van der Waals surface area contributed by atoms with Gasteiger partial charge < -0.3 is 14.8 Å². The van der Waals surface area contributed by atoms with Crippen LogP contribution in [0.3, 0.4) is 0 Å². The predicted molar refractivity (Wildman–Crippen MR) is 90.9 cm³/mol. The summed E-state index contributed by atoms with van der Waals surface area (Å²) in [5.41, 5.74) is 1.43. The van der Waals surface area contributed by atoms with Crippen molar-refractivity contribution >= 4 is 0 Å². The lowest BCUT2D eigenvalue weighted by Crippen LogP contribution is -2.51. The van der Waals surface area contributed by atoms with Crippen LogP contribution in [0, 0.1) is 0 Å². The summed E-state index contributed by atoms with van der Waals surface area (Å²) >= 11 is 0. The van der Waals surface area contributed by atoms with Crippen LogP contribution in [0.4, 0.5) is 0 Å². The van der Waals surface area contributed by atoms with E-state index in [1.165, 1.54) is 24.8 Å². The highest BCUT2D eigenvalue weighted by molar-refractivity contribution is 5.39. The maximum atomic E-state index is 6.35. The lowest BCUT2D eigenvalue weighted by atomic mass is 9.73. The molecular formula is C19H28N2O2. The quantitative estimate of drug-likeness (QED) is 0.926. The molecule has 4 rings (SSSR count). The molecule has 1 spiro atoms. The second-order valence-electron chi connectivity index (χ2n) is 7.41. The van der Waals surface area contributed by atoms with Crippen molar-refractivity contribution in [3.8, 4) is 5.75 Å². The maximum absolute atomic E-state index is 6.35. The van der Waals surface area contributed by atoms with E-state index in [0.717, 1.165) is 45.0 Å². The van der Waals surface area contributed by atoms with Crippen molar-refractivity contribution in [1.82, 2.24) is 10.2 Å². The molecule has 2 fully saturated rings. The number of nitrogens with zero attached hydrogens (tertiary/aromatic N) is 1. The normalized spacial score (nSPS) is 27.8. The summed E-state index contributed by atoms with van der Waals surface area (Å²) in [6.45, 7) is 7.25. The van der Waals surface area contributed by atoms with Crippen molar-refractivity contribution in [2.24, 2.45) is 0 Å². The number of hydrogen-bond acceptors (Lipinski definition) is 4. The number of morpholine rings is 1. The van der Waals surface area contributed by atoms with Gasteiger partial charge in [-0.15, -0.1) is 0 Å². The number of ether oxygens (including phenoxy) is 2. The Morgan fingerprint density at radius 1 is 1.26 bits per heavy atom. The zero-order chi connectivity index (χ0) is 15.7. The van der Waals surface area contributed by atoms with Crippen LogP contribution >= 0.6 is 0 Å². The summed E-state index contributed by atoms with van der Waals surface area (Å²) in [6, 6.07) is 9.46. The van der Waals surface area contributed by atoms with E-state index in [9.17, 15) is 0 Å². The first-order valence-electron chi connectivity index (χ1n) is 9.08. The summed E-state index contributed by atoms with van der Waals surface area (Å²) in [4.78, 5) is 2.51. The van der Waals surface area contributed by atoms with Gasteiger partial charge in [0.2, 0.25) is 0 Å². The van der Waals surface area contributed by atoms with E-state index < -0.39 is 0 Å². The van der Waals surface area contributed by atoms with Gasteiger partial charge in [0.05, 0.1) is 13.2 Å². The van der Waals surface area contributed by atoms with Crippen LogP contribution in [-0.4, -0.2) is 49.4 Å². The maximum Gasteiger partial charge on any atom is 0.124 e. The van der Waals surface area contributed by atoms with Crippen molar-refractivity contribution < 1.29 is 9.47 Å². The molecule has 2 aliphatic heterocycles. The second-order valence-corrected chi connectivity index (χ2v) is 7.41. The van der Waals surface area contributed by atoms with Crippen molar-refractivity contribution in [3.63, 3.8) is 0 Å². The van der Waals surface area contributed by atoms with Crippen LogP contribution < -0.4 is 10.1 Å². The topological polar surface area (TPSA) is 33.7 Å². The van der Waals surface area contributed by atoms with Gasteiger partial charge in [-0.05, 0) is 32.3 Å². The predicted octanol–water partition coefficient (Wildman–Crippen LogP) is 2.74. The number of nitrogens with one attached hydrogen (secondary N) is 1. The number of fused-ring (bicyclic) bond motifs is 1. The molecule has 0 unspecified atom stereocenters. The Morgan fingerprint density at radius 2 is 2.04 bits per heavy atom. The molecule has 3 aliphatic rings. The minimum absolute atomic E-state index is 0.102. The van der Waals surface area contributed by atoms with Crippen LogP contribution in [0.1, 0.15) is 44.2 Å². The molecule has 1 saturated carbocycles. The highest BCUT2D eigenvalue weighted by Gasteiger charge is 2.45. The molecule has 2 atom stereocenters. The van der Waals surface area contributed by atoms with Crippen LogP contribution in [-0.2, 0) is 4.74 Å². The third kappa shape index (κ3) is 3.25. The van der Waals surface area contributed by atoms with Crippen LogP contribution in [0.2, 0.25) is 0 Å². The molecule has 2 heterocycles. The molecule has 0 aromatic heterocycles. The minimum atomic E-state index is 0.102. The Kier molecular flexibility index (Phi) is 4.31. The van der Waals surface area contributed by atoms with Gasteiger partial charge in [0, 0.05) is 43.7 Å². The van der Waals surface area contributed by atoms with Crippen molar-refractivity contribution in [2.45, 2.75) is 50.3 Å². The monoisotopic (exact) mass is 316 g/mol. The van der Waals surface area contributed by atoms with Gasteiger partial charge in [-0.1, -0.05) is 18.2 Å². The molecule has 4 heteroatoms. The molecule has 0 bridgehead atoms. The summed E-state index contributed by atoms with van der Waals surface area (Å²) in [5, 5.41) is 3.88. The molecule has 1 aliphatic carbocycles. The highest BCUT2D eigenvalue weighted by Crippen LogP contribution is 2.48. The van der Waals surface area contributed by atoms with Crippen LogP contribution in [0.5, 0.6) is 5.75 Å². The largest absolute Gasteiger partial charge is 0.487 e. The average Bonchev–Trinajstić information content (AvgIpc) is 2.54. The molecule has 0 radical (unpaired) electrons. The Balaban J connectivity index is 1.44. The molecule has 126 valence electrons. The zero-order valence-corrected chi connectivity index (χ0v) is 14.1. The van der Waals surface area contributed by atoms with Gasteiger partial charge in [0.1, 0.15) is 11.4 Å². The van der Waals surface area contributed by atoms with Crippen molar-refractivity contribution in [3.05, 3.63) is 29.8 Å². The first kappa shape index (κ1) is 15.4. The molecule has 23 heavy (non-hydrogen) atoms. The van der Waals surface area contributed by atoms with Gasteiger partial charge in [-0.3, -0.25) is 4.90 Å². The van der Waals surface area contributed by atoms with Gasteiger partial charge in [-0.2, -0.15) is 0 Å². The Hall–Kier alpha value is -1.10. The van der Waals surface area contributed by atoms with Crippen LogP contribution in [0.15, 0.2) is 24.3 Å². The van der Waals surface area contributed by atoms with E-state index in [-0.39, 0.29) is 5.60 Å². The molecule has 1 aromatic carbocycles. The summed E-state index contributed by atoms with van der Waals surface area (Å²) in [5.74, 6) is 1.09. The summed E-state index contributed by atoms with van der Waals surface area (Å²) < 4.78 is 11.8. The van der Waals surface area contributed by atoms with Crippen LogP contribution in [0.25, 0.3) is 0 Å². The summed E-state index contributed by atoms with van der Waals surface area (Å²) in [7, 11) is 0. The van der Waals surface area contributed by atoms with E-state index in [1.54, 1.807) is 0 Å². The van der Waals surface area contributed by atoms with E-state index in [1.807, 2.05) is 0 Å². The Labute approximate surface area is 139 Å². The SMILES string of the molecule is C[C@H](CN1CCOCC1)N[C@H]1CC2(CCC2)Oc2ccccc21. The van der Waals surface area contributed by atoms with E-state index in [4.69, 9.17) is 9.47 Å². The fourth-order valence-corrected chi connectivity index (χ4v) is 4.21. The molecule has 0 amide bonds. The highest BCUT2D eigenvalue weighted by atomic mass is 16.5. The first-order valence-corrected chi connectivity index (χ1v) is 9.08. The minimum Gasteiger partial charge on any atom is -0.487 e. The van der Waals surface area contributed by atoms with E-state index in [2.05, 4.69) is 41.4 Å². The van der Waals surface area contributed by atoms with E-state index in [0.29, 0.717) is 12.1 Å². The number of rotatable bonds is 4. The summed E-state index contributed by atoms with van der Waals surface area (Å²) in [6.07, 6.45) is 4.82. The molecular weight excluding hydrogens is 288 g/mol. The Morgan fingerprint density at radius 3 is 2.78 bits per heavy atom. The van der Waals surface area contributed by atoms with Crippen molar-refractivity contribution in [2.75, 3.05) is 32.8 Å². The Bertz CT molecular complexity index is 538. The second kappa shape index (κ2) is 6.42. The lowest BCUT2D eigenvalue weighted by molar-refractivity contribution is -0.0386. The van der Waals surface area contributed by atoms with Gasteiger partial charge in [0.15, 0.2) is 0 Å². The fourth-order valence-electron chi connectivity index (χ4n) is 4.21. The molecule has 1 aromatic rings. The first-order chi connectivity index (χ1) is 11.2. The fraction of sp³-hybridized carbons (Fsp3) is 0.684. The molecule has 1 N–H and O–H groups in total. The third-order valence-corrected chi connectivity index (χ3v) is 5.58. The standard InChI is InChI=1S/C19H28N2O2/c1-15(14-21-9-11-22-12-10-21)20-17-13-19(7-4-8-19)23-18-6-3-2-5-16(17)18/h2-3,5-6,15,17,20H,4,7-14H2,1H3/t15-,17+/m1/s1. The smallest absolute Gasteiger partial charge is 0.124 e. The van der Waals surface area contributed by atoms with E-state index >= 15 is 0 Å².